The lowest BCUT2D eigenvalue weighted by atomic mass is 10.2. The molecule has 1 N–H and O–H groups in total. The van der Waals surface area contributed by atoms with Crippen LogP contribution in [0.5, 0.6) is 0 Å². The molecule has 1 unspecified atom stereocenters. The van der Waals surface area contributed by atoms with Crippen molar-refractivity contribution in [3.8, 4) is 0 Å². The minimum atomic E-state index is -0.391. The number of carbonyl (C=O) groups is 2. The van der Waals surface area contributed by atoms with Crippen LogP contribution in [0, 0.1) is 0 Å². The zero-order valence-corrected chi connectivity index (χ0v) is 19.0. The first-order chi connectivity index (χ1) is 14.9. The number of amides is 2. The molecule has 0 saturated heterocycles. The van der Waals surface area contributed by atoms with E-state index in [9.17, 15) is 9.59 Å². The summed E-state index contributed by atoms with van der Waals surface area (Å²) in [5.74, 6) is 0.470. The molecule has 3 rings (SSSR count). The van der Waals surface area contributed by atoms with E-state index in [1.165, 1.54) is 0 Å². The standard InChI is InChI=1S/C24H29ClN4O2/c1-4-13-28(14-5-2)22(30)16-29-21-12-7-6-11-20(21)27-23(29)17(3)26-24(31)18-9-8-10-19(25)15-18/h6-12,15,17H,4-5,13-14,16H2,1-3H3,(H,26,31). The highest BCUT2D eigenvalue weighted by Crippen LogP contribution is 2.22. The summed E-state index contributed by atoms with van der Waals surface area (Å²) >= 11 is 6.02. The molecular formula is C24H29ClN4O2. The van der Waals surface area contributed by atoms with Crippen LogP contribution in [-0.2, 0) is 11.3 Å². The molecule has 0 aliphatic heterocycles. The third kappa shape index (κ3) is 5.44. The zero-order valence-electron chi connectivity index (χ0n) is 18.3. The number of rotatable bonds is 9. The predicted octanol–water partition coefficient (Wildman–Crippen LogP) is 4.83. The van der Waals surface area contributed by atoms with E-state index in [1.54, 1.807) is 24.3 Å². The van der Waals surface area contributed by atoms with Crippen LogP contribution in [0.4, 0.5) is 0 Å². The van der Waals surface area contributed by atoms with Gasteiger partial charge in [0, 0.05) is 23.7 Å². The Kier molecular flexibility index (Phi) is 7.69. The number of para-hydroxylation sites is 2. The van der Waals surface area contributed by atoms with Crippen molar-refractivity contribution in [1.29, 1.82) is 0 Å². The first-order valence-corrected chi connectivity index (χ1v) is 11.1. The van der Waals surface area contributed by atoms with Gasteiger partial charge in [0.2, 0.25) is 5.91 Å². The van der Waals surface area contributed by atoms with Crippen LogP contribution in [0.3, 0.4) is 0 Å². The minimum Gasteiger partial charge on any atom is -0.342 e. The van der Waals surface area contributed by atoms with E-state index < -0.39 is 6.04 Å². The molecule has 0 fully saturated rings. The van der Waals surface area contributed by atoms with E-state index in [0.29, 0.717) is 16.4 Å². The zero-order chi connectivity index (χ0) is 22.4. The molecule has 31 heavy (non-hydrogen) atoms. The number of aromatic nitrogens is 2. The van der Waals surface area contributed by atoms with E-state index >= 15 is 0 Å². The number of nitrogens with one attached hydrogen (secondary N) is 1. The van der Waals surface area contributed by atoms with E-state index in [-0.39, 0.29) is 18.4 Å². The molecule has 1 atom stereocenters. The fraction of sp³-hybridized carbons (Fsp3) is 0.375. The largest absolute Gasteiger partial charge is 0.342 e. The van der Waals surface area contributed by atoms with Crippen molar-refractivity contribution in [2.45, 2.75) is 46.2 Å². The van der Waals surface area contributed by atoms with Gasteiger partial charge in [-0.1, -0.05) is 43.6 Å². The number of hydrogen-bond acceptors (Lipinski definition) is 3. The molecular weight excluding hydrogens is 412 g/mol. The number of carbonyl (C=O) groups excluding carboxylic acids is 2. The summed E-state index contributed by atoms with van der Waals surface area (Å²) in [7, 11) is 0. The highest BCUT2D eigenvalue weighted by Gasteiger charge is 2.22. The third-order valence-electron chi connectivity index (χ3n) is 5.14. The van der Waals surface area contributed by atoms with Crippen molar-refractivity contribution < 1.29 is 9.59 Å². The Labute approximate surface area is 188 Å². The highest BCUT2D eigenvalue weighted by molar-refractivity contribution is 6.30. The molecule has 0 aliphatic rings. The number of halogens is 1. The van der Waals surface area contributed by atoms with Gasteiger partial charge in [-0.25, -0.2) is 4.98 Å². The first-order valence-electron chi connectivity index (χ1n) is 10.7. The summed E-state index contributed by atoms with van der Waals surface area (Å²) in [5, 5.41) is 3.49. The highest BCUT2D eigenvalue weighted by atomic mass is 35.5. The molecule has 2 amide bonds. The van der Waals surface area contributed by atoms with Gasteiger partial charge in [-0.2, -0.15) is 0 Å². The van der Waals surface area contributed by atoms with Crippen LogP contribution in [0.15, 0.2) is 48.5 Å². The topological polar surface area (TPSA) is 67.2 Å². The number of fused-ring (bicyclic) bond motifs is 1. The molecule has 1 heterocycles. The summed E-state index contributed by atoms with van der Waals surface area (Å²) in [5.41, 5.74) is 2.16. The molecule has 1 aromatic heterocycles. The minimum absolute atomic E-state index is 0.0569. The van der Waals surface area contributed by atoms with Crippen molar-refractivity contribution in [2.75, 3.05) is 13.1 Å². The smallest absolute Gasteiger partial charge is 0.251 e. The van der Waals surface area contributed by atoms with Gasteiger partial charge in [0.05, 0.1) is 17.1 Å². The van der Waals surface area contributed by atoms with Crippen molar-refractivity contribution in [2.24, 2.45) is 0 Å². The molecule has 0 radical (unpaired) electrons. The van der Waals surface area contributed by atoms with E-state index in [1.807, 2.05) is 40.7 Å². The monoisotopic (exact) mass is 440 g/mol. The van der Waals surface area contributed by atoms with Crippen LogP contribution >= 0.6 is 11.6 Å². The summed E-state index contributed by atoms with van der Waals surface area (Å²) < 4.78 is 1.92. The Morgan fingerprint density at radius 3 is 2.48 bits per heavy atom. The molecule has 6 nitrogen and oxygen atoms in total. The Morgan fingerprint density at radius 1 is 1.10 bits per heavy atom. The van der Waals surface area contributed by atoms with Gasteiger partial charge in [0.1, 0.15) is 12.4 Å². The fourth-order valence-electron chi connectivity index (χ4n) is 3.70. The predicted molar refractivity (Wildman–Crippen MR) is 124 cm³/mol. The van der Waals surface area contributed by atoms with Gasteiger partial charge < -0.3 is 14.8 Å². The second-order valence-electron chi connectivity index (χ2n) is 7.63. The number of hydrogen-bond donors (Lipinski definition) is 1. The van der Waals surface area contributed by atoms with Gasteiger partial charge in [0.25, 0.3) is 5.91 Å². The van der Waals surface area contributed by atoms with Crippen molar-refractivity contribution in [3.05, 3.63) is 64.9 Å². The van der Waals surface area contributed by atoms with E-state index in [0.717, 1.165) is 37.0 Å². The molecule has 0 saturated carbocycles. The maximum Gasteiger partial charge on any atom is 0.251 e. The van der Waals surface area contributed by atoms with Crippen LogP contribution in [0.25, 0.3) is 11.0 Å². The third-order valence-corrected chi connectivity index (χ3v) is 5.37. The summed E-state index contributed by atoms with van der Waals surface area (Å²) in [6.07, 6.45) is 1.82. The fourth-order valence-corrected chi connectivity index (χ4v) is 3.89. The maximum absolute atomic E-state index is 13.1. The Morgan fingerprint density at radius 2 is 1.81 bits per heavy atom. The van der Waals surface area contributed by atoms with Crippen LogP contribution in [0.2, 0.25) is 5.02 Å². The number of benzene rings is 2. The molecule has 3 aromatic rings. The molecule has 0 aliphatic carbocycles. The lowest BCUT2D eigenvalue weighted by Crippen LogP contribution is -2.36. The summed E-state index contributed by atoms with van der Waals surface area (Å²) in [6, 6.07) is 14.1. The Balaban J connectivity index is 1.89. The van der Waals surface area contributed by atoms with E-state index in [2.05, 4.69) is 19.2 Å². The summed E-state index contributed by atoms with van der Waals surface area (Å²) in [4.78, 5) is 32.4. The quantitative estimate of drug-likeness (QED) is 0.518. The lowest BCUT2D eigenvalue weighted by Gasteiger charge is -2.23. The molecule has 164 valence electrons. The van der Waals surface area contributed by atoms with Gasteiger partial charge in [-0.05, 0) is 50.1 Å². The maximum atomic E-state index is 13.1. The molecule has 0 bridgehead atoms. The van der Waals surface area contributed by atoms with Gasteiger partial charge >= 0.3 is 0 Å². The van der Waals surface area contributed by atoms with Crippen molar-refractivity contribution in [3.63, 3.8) is 0 Å². The molecule has 2 aromatic carbocycles. The average molecular weight is 441 g/mol. The number of imidazole rings is 1. The molecule has 7 heteroatoms. The first kappa shape index (κ1) is 22.8. The second kappa shape index (κ2) is 10.4. The van der Waals surface area contributed by atoms with Crippen molar-refractivity contribution >= 4 is 34.4 Å². The van der Waals surface area contributed by atoms with Gasteiger partial charge in [-0.15, -0.1) is 0 Å². The van der Waals surface area contributed by atoms with E-state index in [4.69, 9.17) is 16.6 Å². The van der Waals surface area contributed by atoms with Crippen molar-refractivity contribution in [1.82, 2.24) is 19.8 Å². The molecule has 0 spiro atoms. The van der Waals surface area contributed by atoms with Gasteiger partial charge in [-0.3, -0.25) is 9.59 Å². The van der Waals surface area contributed by atoms with Crippen LogP contribution in [0.1, 0.15) is 55.8 Å². The number of nitrogens with zero attached hydrogens (tertiary/aromatic N) is 3. The van der Waals surface area contributed by atoms with Gasteiger partial charge in [0.15, 0.2) is 0 Å². The van der Waals surface area contributed by atoms with Crippen LogP contribution < -0.4 is 5.32 Å². The average Bonchev–Trinajstić information content (AvgIpc) is 3.12. The van der Waals surface area contributed by atoms with Crippen LogP contribution in [-0.4, -0.2) is 39.4 Å². The Hall–Kier alpha value is -2.86. The Bertz CT molecular complexity index is 1060. The normalized spacial score (nSPS) is 12.0. The lowest BCUT2D eigenvalue weighted by molar-refractivity contribution is -0.131. The SMILES string of the molecule is CCCN(CCC)C(=O)Cn1c(C(C)NC(=O)c2cccc(Cl)c2)nc2ccccc21. The second-order valence-corrected chi connectivity index (χ2v) is 8.07. The summed E-state index contributed by atoms with van der Waals surface area (Å²) in [6.45, 7) is 7.67.